The number of rotatable bonds is 3. The number of carbonyl (C=O) groups excluding carboxylic acids is 2. The van der Waals surface area contributed by atoms with Gasteiger partial charge in [0.25, 0.3) is 11.8 Å². The van der Waals surface area contributed by atoms with Gasteiger partial charge in [-0.3, -0.25) is 14.9 Å². The number of halogens is 2. The molecule has 0 spiro atoms. The number of nitrogens with zero attached hydrogens (tertiary/aromatic N) is 2. The molecule has 2 amide bonds. The third-order valence-corrected chi connectivity index (χ3v) is 5.51. The summed E-state index contributed by atoms with van der Waals surface area (Å²) in [7, 11) is 0. The van der Waals surface area contributed by atoms with Gasteiger partial charge in [-0.2, -0.15) is 0 Å². The van der Waals surface area contributed by atoms with Gasteiger partial charge in [-0.25, -0.2) is 9.37 Å². The van der Waals surface area contributed by atoms with E-state index in [2.05, 4.69) is 10.3 Å². The molecule has 3 heterocycles. The maximum absolute atomic E-state index is 14.0. The Hall–Kier alpha value is -2.71. The van der Waals surface area contributed by atoms with Gasteiger partial charge in [0, 0.05) is 17.8 Å². The molecule has 0 unspecified atom stereocenters. The Morgan fingerprint density at radius 2 is 2.19 bits per heavy atom. The molecule has 0 bridgehead atoms. The molecule has 0 radical (unpaired) electrons. The Morgan fingerprint density at radius 1 is 1.33 bits per heavy atom. The molecule has 0 atom stereocenters. The maximum Gasteiger partial charge on any atom is 0.260 e. The summed E-state index contributed by atoms with van der Waals surface area (Å²) in [5.74, 6) is -1.42. The summed E-state index contributed by atoms with van der Waals surface area (Å²) in [6.07, 6.45) is 3.28. The summed E-state index contributed by atoms with van der Waals surface area (Å²) < 4.78 is 18.9. The number of thiazole rings is 1. The van der Waals surface area contributed by atoms with Crippen molar-refractivity contribution < 1.29 is 18.4 Å². The zero-order valence-corrected chi connectivity index (χ0v) is 15.4. The average molecular weight is 406 g/mol. The number of benzene rings is 1. The van der Waals surface area contributed by atoms with Crippen molar-refractivity contribution >= 4 is 39.9 Å². The van der Waals surface area contributed by atoms with Gasteiger partial charge in [-0.15, -0.1) is 0 Å². The molecule has 3 aromatic rings. The van der Waals surface area contributed by atoms with Gasteiger partial charge in [-0.1, -0.05) is 29.0 Å². The number of carbonyl (C=O) groups is 2. The van der Waals surface area contributed by atoms with E-state index in [0.717, 1.165) is 10.6 Å². The molecular weight excluding hydrogens is 393 g/mol. The molecule has 0 saturated heterocycles. The molecular formula is C18H13ClFN3O3S. The summed E-state index contributed by atoms with van der Waals surface area (Å²) in [5.41, 5.74) is 1.10. The van der Waals surface area contributed by atoms with E-state index in [1.807, 2.05) is 0 Å². The lowest BCUT2D eigenvalue weighted by Gasteiger charge is -2.26. The number of nitrogens with one attached hydrogen (secondary N) is 1. The van der Waals surface area contributed by atoms with Crippen LogP contribution in [0.25, 0.3) is 0 Å². The van der Waals surface area contributed by atoms with E-state index in [0.29, 0.717) is 23.7 Å². The van der Waals surface area contributed by atoms with Crippen LogP contribution in [-0.4, -0.2) is 28.2 Å². The Morgan fingerprint density at radius 3 is 2.93 bits per heavy atom. The Labute approximate surface area is 162 Å². The highest BCUT2D eigenvalue weighted by molar-refractivity contribution is 7.15. The third-order valence-electron chi connectivity index (χ3n) is 4.20. The van der Waals surface area contributed by atoms with Crippen molar-refractivity contribution in [3.8, 4) is 0 Å². The third kappa shape index (κ3) is 3.45. The van der Waals surface area contributed by atoms with E-state index < -0.39 is 11.7 Å². The fourth-order valence-corrected chi connectivity index (χ4v) is 4.11. The summed E-state index contributed by atoms with van der Waals surface area (Å²) in [6, 6.07) is 5.72. The largest absolute Gasteiger partial charge is 0.472 e. The number of furan rings is 1. The van der Waals surface area contributed by atoms with Crippen molar-refractivity contribution in [2.45, 2.75) is 13.0 Å². The number of hydrogen-bond donors (Lipinski definition) is 1. The molecule has 0 saturated carbocycles. The lowest BCUT2D eigenvalue weighted by molar-refractivity contribution is 0.0731. The average Bonchev–Trinajstić information content (AvgIpc) is 3.30. The van der Waals surface area contributed by atoms with Gasteiger partial charge < -0.3 is 9.32 Å². The van der Waals surface area contributed by atoms with Crippen LogP contribution in [0.15, 0.2) is 41.2 Å². The van der Waals surface area contributed by atoms with Crippen molar-refractivity contribution in [1.82, 2.24) is 9.88 Å². The second-order valence-electron chi connectivity index (χ2n) is 5.93. The fraction of sp³-hybridized carbons (Fsp3) is 0.167. The summed E-state index contributed by atoms with van der Waals surface area (Å²) >= 11 is 7.29. The van der Waals surface area contributed by atoms with E-state index >= 15 is 0 Å². The molecule has 9 heteroatoms. The minimum absolute atomic E-state index is 0.0863. The van der Waals surface area contributed by atoms with E-state index in [1.165, 1.54) is 47.0 Å². The van der Waals surface area contributed by atoms with Crippen molar-refractivity contribution in [2.24, 2.45) is 0 Å². The zero-order valence-electron chi connectivity index (χ0n) is 13.9. The molecule has 6 nitrogen and oxygen atoms in total. The monoisotopic (exact) mass is 405 g/mol. The highest BCUT2D eigenvalue weighted by Crippen LogP contribution is 2.30. The van der Waals surface area contributed by atoms with Crippen LogP contribution in [0.4, 0.5) is 9.52 Å². The SMILES string of the molecule is O=C(Nc1nc2c(s1)CN(C(=O)c1c(F)cccc1Cl)CC2)c1ccoc1. The number of anilines is 1. The zero-order chi connectivity index (χ0) is 19.0. The van der Waals surface area contributed by atoms with Crippen LogP contribution < -0.4 is 5.32 Å². The van der Waals surface area contributed by atoms with Crippen LogP contribution in [0.1, 0.15) is 31.3 Å². The van der Waals surface area contributed by atoms with Crippen LogP contribution in [0, 0.1) is 5.82 Å². The predicted molar refractivity (Wildman–Crippen MR) is 98.6 cm³/mol. The van der Waals surface area contributed by atoms with Crippen molar-refractivity contribution in [2.75, 3.05) is 11.9 Å². The molecule has 1 aliphatic rings. The second-order valence-corrected chi connectivity index (χ2v) is 7.42. The molecule has 138 valence electrons. The molecule has 1 aliphatic heterocycles. The first-order chi connectivity index (χ1) is 13.0. The van der Waals surface area contributed by atoms with E-state index in [1.54, 1.807) is 6.07 Å². The fourth-order valence-electron chi connectivity index (χ4n) is 2.85. The van der Waals surface area contributed by atoms with E-state index in [9.17, 15) is 14.0 Å². The number of aromatic nitrogens is 1. The molecule has 1 N–H and O–H groups in total. The Kier molecular flexibility index (Phi) is 4.67. The lowest BCUT2D eigenvalue weighted by Crippen LogP contribution is -2.36. The molecule has 27 heavy (non-hydrogen) atoms. The van der Waals surface area contributed by atoms with Crippen LogP contribution in [0.5, 0.6) is 0 Å². The Bertz CT molecular complexity index is 999. The van der Waals surface area contributed by atoms with Gasteiger partial charge in [0.05, 0.1) is 34.7 Å². The van der Waals surface area contributed by atoms with Crippen molar-refractivity contribution in [1.29, 1.82) is 0 Å². The normalized spacial score (nSPS) is 13.3. The van der Waals surface area contributed by atoms with Crippen LogP contribution in [-0.2, 0) is 13.0 Å². The van der Waals surface area contributed by atoms with Crippen LogP contribution in [0.3, 0.4) is 0 Å². The highest BCUT2D eigenvalue weighted by atomic mass is 35.5. The summed E-state index contributed by atoms with van der Waals surface area (Å²) in [5, 5.41) is 3.25. The minimum atomic E-state index is -0.643. The standard InChI is InChI=1S/C18H13ClFN3O3S/c19-11-2-1-3-12(20)15(11)17(25)23-6-4-13-14(8-23)27-18(21-13)22-16(24)10-5-7-26-9-10/h1-3,5,7,9H,4,6,8H2,(H,21,22,24). The lowest BCUT2D eigenvalue weighted by atomic mass is 10.1. The van der Waals surface area contributed by atoms with Gasteiger partial charge in [-0.05, 0) is 18.2 Å². The molecule has 0 fully saturated rings. The van der Waals surface area contributed by atoms with E-state index in [-0.39, 0.29) is 23.0 Å². The first-order valence-corrected chi connectivity index (χ1v) is 9.28. The predicted octanol–water partition coefficient (Wildman–Crippen LogP) is 3.98. The van der Waals surface area contributed by atoms with Gasteiger partial charge >= 0.3 is 0 Å². The quantitative estimate of drug-likeness (QED) is 0.715. The topological polar surface area (TPSA) is 75.4 Å². The van der Waals surface area contributed by atoms with Crippen molar-refractivity contribution in [3.05, 3.63) is 69.3 Å². The number of amides is 2. The van der Waals surface area contributed by atoms with Gasteiger partial charge in [0.1, 0.15) is 12.1 Å². The first-order valence-electron chi connectivity index (χ1n) is 8.08. The van der Waals surface area contributed by atoms with Crippen LogP contribution >= 0.6 is 22.9 Å². The minimum Gasteiger partial charge on any atom is -0.472 e. The summed E-state index contributed by atoms with van der Waals surface area (Å²) in [4.78, 5) is 31.6. The van der Waals surface area contributed by atoms with Crippen LogP contribution in [0.2, 0.25) is 5.02 Å². The van der Waals surface area contributed by atoms with Gasteiger partial charge in [0.15, 0.2) is 5.13 Å². The molecule has 2 aromatic heterocycles. The maximum atomic E-state index is 14.0. The highest BCUT2D eigenvalue weighted by Gasteiger charge is 2.28. The Balaban J connectivity index is 1.51. The summed E-state index contributed by atoms with van der Waals surface area (Å²) in [6.45, 7) is 0.688. The van der Waals surface area contributed by atoms with Gasteiger partial charge in [0.2, 0.25) is 0 Å². The smallest absolute Gasteiger partial charge is 0.260 e. The first kappa shape index (κ1) is 17.7. The molecule has 0 aliphatic carbocycles. The van der Waals surface area contributed by atoms with Crippen molar-refractivity contribution in [3.63, 3.8) is 0 Å². The van der Waals surface area contributed by atoms with E-state index in [4.69, 9.17) is 16.0 Å². The molecule has 1 aromatic carbocycles. The molecule has 4 rings (SSSR count). The number of hydrogen-bond acceptors (Lipinski definition) is 5. The second kappa shape index (κ2) is 7.13. The number of fused-ring (bicyclic) bond motifs is 1.